The highest BCUT2D eigenvalue weighted by Crippen LogP contribution is 2.32. The van der Waals surface area contributed by atoms with Gasteiger partial charge in [-0.2, -0.15) is 0 Å². The molecule has 0 radical (unpaired) electrons. The summed E-state index contributed by atoms with van der Waals surface area (Å²) in [6, 6.07) is 11.7. The summed E-state index contributed by atoms with van der Waals surface area (Å²) in [7, 11) is 0. The second-order valence-electron chi connectivity index (χ2n) is 7.18. The van der Waals surface area contributed by atoms with E-state index in [1.807, 2.05) is 30.3 Å². The van der Waals surface area contributed by atoms with Crippen molar-refractivity contribution in [2.45, 2.75) is 25.8 Å². The van der Waals surface area contributed by atoms with Gasteiger partial charge in [-0.25, -0.2) is 13.6 Å². The molecule has 1 atom stereocenters. The van der Waals surface area contributed by atoms with Gasteiger partial charge in [0.1, 0.15) is 23.5 Å². The Balaban J connectivity index is 1.78. The van der Waals surface area contributed by atoms with Gasteiger partial charge in [0.25, 0.3) is 0 Å². The fourth-order valence-electron chi connectivity index (χ4n) is 3.63. The van der Waals surface area contributed by atoms with Gasteiger partial charge in [-0.1, -0.05) is 30.3 Å². The molecule has 0 aromatic heterocycles. The van der Waals surface area contributed by atoms with Crippen LogP contribution in [0.1, 0.15) is 40.7 Å². The summed E-state index contributed by atoms with van der Waals surface area (Å²) in [6.45, 7) is 3.80. The average molecular weight is 415 g/mol. The molecule has 2 aromatic carbocycles. The van der Waals surface area contributed by atoms with Crippen LogP contribution in [-0.2, 0) is 16.1 Å². The molecule has 5 nitrogen and oxygen atoms in total. The Morgan fingerprint density at radius 2 is 1.93 bits per heavy atom. The molecule has 158 valence electrons. The van der Waals surface area contributed by atoms with Crippen LogP contribution in [0.3, 0.4) is 0 Å². The van der Waals surface area contributed by atoms with Crippen LogP contribution in [0, 0.1) is 11.6 Å². The summed E-state index contributed by atoms with van der Waals surface area (Å²) in [5.74, 6) is -4.56. The summed E-state index contributed by atoms with van der Waals surface area (Å²) in [5, 5.41) is 9.18. The lowest BCUT2D eigenvalue weighted by Gasteiger charge is -2.17. The zero-order chi connectivity index (χ0) is 21.7. The topological polar surface area (TPSA) is 66.8 Å². The van der Waals surface area contributed by atoms with Gasteiger partial charge < -0.3 is 9.84 Å². The first kappa shape index (κ1) is 21.6. The number of halogens is 2. The normalized spacial score (nSPS) is 17.2. The Morgan fingerprint density at radius 1 is 1.20 bits per heavy atom. The third kappa shape index (κ3) is 4.91. The molecule has 2 aromatic rings. The van der Waals surface area contributed by atoms with Crippen molar-refractivity contribution in [2.75, 3.05) is 19.7 Å². The van der Waals surface area contributed by atoms with Gasteiger partial charge in [0.05, 0.1) is 12.2 Å². The molecule has 0 aliphatic carbocycles. The van der Waals surface area contributed by atoms with E-state index in [0.29, 0.717) is 13.0 Å². The zero-order valence-corrected chi connectivity index (χ0v) is 16.6. The first-order chi connectivity index (χ1) is 14.4. The van der Waals surface area contributed by atoms with Gasteiger partial charge in [-0.15, -0.1) is 0 Å². The van der Waals surface area contributed by atoms with E-state index < -0.39 is 34.5 Å². The number of likely N-dealkylation sites (tertiary alicyclic amines) is 1. The lowest BCUT2D eigenvalue weighted by atomic mass is 9.94. The summed E-state index contributed by atoms with van der Waals surface area (Å²) in [5.41, 5.74) is -0.0279. The van der Waals surface area contributed by atoms with Crippen molar-refractivity contribution >= 4 is 11.8 Å². The van der Waals surface area contributed by atoms with Crippen LogP contribution in [0.5, 0.6) is 0 Å². The molecule has 1 aliphatic rings. The van der Waals surface area contributed by atoms with Gasteiger partial charge >= 0.3 is 5.97 Å². The first-order valence-electron chi connectivity index (χ1n) is 9.75. The Kier molecular flexibility index (Phi) is 6.95. The SMILES string of the molecule is CCOC=C(C(=O)O)C(=O)c1cc(F)c(C2CCN(Cc3ccccc3)C2)cc1F. The number of benzene rings is 2. The number of hydrogen-bond donors (Lipinski definition) is 1. The molecule has 1 unspecified atom stereocenters. The maximum Gasteiger partial charge on any atom is 0.342 e. The minimum absolute atomic E-state index is 0.140. The van der Waals surface area contributed by atoms with Crippen molar-refractivity contribution in [2.24, 2.45) is 0 Å². The molecule has 30 heavy (non-hydrogen) atoms. The number of carboxylic acid groups (broad SMARTS) is 1. The monoisotopic (exact) mass is 415 g/mol. The van der Waals surface area contributed by atoms with Crippen molar-refractivity contribution in [1.29, 1.82) is 0 Å². The van der Waals surface area contributed by atoms with Crippen LogP contribution < -0.4 is 0 Å². The smallest absolute Gasteiger partial charge is 0.342 e. The first-order valence-corrected chi connectivity index (χ1v) is 9.75. The number of Topliss-reactive ketones (excluding diaryl/α,β-unsaturated/α-hetero) is 1. The standard InChI is InChI=1S/C23H23F2NO4/c1-2-30-14-19(23(28)29)22(27)18-11-20(24)17(10-21(18)25)16-8-9-26(13-16)12-15-6-4-3-5-7-15/h3-7,10-11,14,16H,2,8-9,12-13H2,1H3,(H,28,29). The molecule has 1 aliphatic heterocycles. The van der Waals surface area contributed by atoms with E-state index in [0.717, 1.165) is 37.0 Å². The third-order valence-corrected chi connectivity index (χ3v) is 5.14. The van der Waals surface area contributed by atoms with E-state index in [4.69, 9.17) is 4.74 Å². The molecular weight excluding hydrogens is 392 g/mol. The second-order valence-corrected chi connectivity index (χ2v) is 7.18. The largest absolute Gasteiger partial charge is 0.500 e. The zero-order valence-electron chi connectivity index (χ0n) is 16.6. The summed E-state index contributed by atoms with van der Waals surface area (Å²) in [6.07, 6.45) is 1.43. The lowest BCUT2D eigenvalue weighted by molar-refractivity contribution is -0.132. The summed E-state index contributed by atoms with van der Waals surface area (Å²) in [4.78, 5) is 25.9. The highest BCUT2D eigenvalue weighted by atomic mass is 19.1. The molecule has 1 fully saturated rings. The minimum atomic E-state index is -1.57. The fourth-order valence-corrected chi connectivity index (χ4v) is 3.63. The number of hydrogen-bond acceptors (Lipinski definition) is 4. The number of carbonyl (C=O) groups excluding carboxylic acids is 1. The Morgan fingerprint density at radius 3 is 2.60 bits per heavy atom. The predicted octanol–water partition coefficient (Wildman–Crippen LogP) is 4.14. The molecule has 1 N–H and O–H groups in total. The van der Waals surface area contributed by atoms with E-state index in [2.05, 4.69) is 4.90 Å². The highest BCUT2D eigenvalue weighted by molar-refractivity contribution is 6.23. The van der Waals surface area contributed by atoms with E-state index in [1.165, 1.54) is 0 Å². The van der Waals surface area contributed by atoms with E-state index in [1.54, 1.807) is 6.92 Å². The number of ether oxygens (including phenoxy) is 1. The maximum absolute atomic E-state index is 14.8. The fraction of sp³-hybridized carbons (Fsp3) is 0.304. The Labute approximate surface area is 173 Å². The van der Waals surface area contributed by atoms with Crippen LogP contribution >= 0.6 is 0 Å². The number of carbonyl (C=O) groups is 2. The number of aliphatic carboxylic acids is 1. The third-order valence-electron chi connectivity index (χ3n) is 5.14. The number of carboxylic acids is 1. The van der Waals surface area contributed by atoms with Gasteiger partial charge in [0.15, 0.2) is 0 Å². The maximum atomic E-state index is 14.8. The Hall–Kier alpha value is -3.06. The van der Waals surface area contributed by atoms with E-state index in [9.17, 15) is 23.5 Å². The molecule has 0 saturated carbocycles. The summed E-state index contributed by atoms with van der Waals surface area (Å²) >= 11 is 0. The number of nitrogens with zero attached hydrogens (tertiary/aromatic N) is 1. The number of rotatable bonds is 8. The van der Waals surface area contributed by atoms with Crippen molar-refractivity contribution in [3.05, 3.63) is 82.6 Å². The van der Waals surface area contributed by atoms with Gasteiger partial charge in [0, 0.05) is 19.0 Å². The predicted molar refractivity (Wildman–Crippen MR) is 107 cm³/mol. The van der Waals surface area contributed by atoms with E-state index in [-0.39, 0.29) is 18.1 Å². The molecule has 0 amide bonds. The quantitative estimate of drug-likeness (QED) is 0.231. The molecule has 7 heteroatoms. The van der Waals surface area contributed by atoms with Crippen LogP contribution in [0.25, 0.3) is 0 Å². The summed E-state index contributed by atoms with van der Waals surface area (Å²) < 4.78 is 34.3. The van der Waals surface area contributed by atoms with Gasteiger partial charge in [-0.05, 0) is 43.1 Å². The molecule has 0 spiro atoms. The molecule has 0 bridgehead atoms. The molecule has 3 rings (SSSR count). The average Bonchev–Trinajstić information content (AvgIpc) is 3.18. The molecule has 1 saturated heterocycles. The van der Waals surface area contributed by atoms with Crippen LogP contribution in [0.2, 0.25) is 0 Å². The van der Waals surface area contributed by atoms with Crippen molar-refractivity contribution in [3.63, 3.8) is 0 Å². The second kappa shape index (κ2) is 9.63. The lowest BCUT2D eigenvalue weighted by Crippen LogP contribution is -2.20. The molecule has 1 heterocycles. The van der Waals surface area contributed by atoms with E-state index >= 15 is 0 Å². The van der Waals surface area contributed by atoms with Gasteiger partial charge in [0.2, 0.25) is 5.78 Å². The number of ketones is 1. The molecular formula is C23H23F2NO4. The van der Waals surface area contributed by atoms with Crippen molar-refractivity contribution < 1.29 is 28.2 Å². The van der Waals surface area contributed by atoms with Crippen molar-refractivity contribution in [1.82, 2.24) is 4.90 Å². The van der Waals surface area contributed by atoms with Crippen LogP contribution in [-0.4, -0.2) is 41.5 Å². The van der Waals surface area contributed by atoms with Crippen LogP contribution in [0.15, 0.2) is 54.3 Å². The van der Waals surface area contributed by atoms with Gasteiger partial charge in [-0.3, -0.25) is 9.69 Å². The van der Waals surface area contributed by atoms with Crippen LogP contribution in [0.4, 0.5) is 8.78 Å². The minimum Gasteiger partial charge on any atom is -0.500 e. The van der Waals surface area contributed by atoms with Crippen molar-refractivity contribution in [3.8, 4) is 0 Å². The highest BCUT2D eigenvalue weighted by Gasteiger charge is 2.29. The Bertz CT molecular complexity index is 959.